The summed E-state index contributed by atoms with van der Waals surface area (Å²) in [6.07, 6.45) is 7.04. The number of hydrogen-bond acceptors (Lipinski definition) is 3. The lowest BCUT2D eigenvalue weighted by molar-refractivity contribution is -0.140. The van der Waals surface area contributed by atoms with Crippen molar-refractivity contribution >= 4 is 12.0 Å². The van der Waals surface area contributed by atoms with Gasteiger partial charge < -0.3 is 15.7 Å². The Kier molecular flexibility index (Phi) is 4.12. The van der Waals surface area contributed by atoms with Crippen LogP contribution in [-0.2, 0) is 11.3 Å². The van der Waals surface area contributed by atoms with E-state index in [1.54, 1.807) is 24.5 Å². The van der Waals surface area contributed by atoms with E-state index in [1.165, 1.54) is 0 Å². The molecule has 2 rings (SSSR count). The number of nitrogens with one attached hydrogen (secondary N) is 2. The molecule has 100 valence electrons. The summed E-state index contributed by atoms with van der Waals surface area (Å²) in [5, 5.41) is 14.3. The standard InChI is InChI=1S/C13H15N3O3/c17-12(18)10-1-2-11(7-10)16-13(19)15-8-9-3-5-14-6-4-9/h1-6,10-11H,7-8H2,(H,17,18)(H2,15,16,19). The van der Waals surface area contributed by atoms with Crippen LogP contribution in [0.1, 0.15) is 12.0 Å². The van der Waals surface area contributed by atoms with E-state index < -0.39 is 11.9 Å². The average molecular weight is 261 g/mol. The molecular formula is C13H15N3O3. The first-order chi connectivity index (χ1) is 9.15. The zero-order valence-electron chi connectivity index (χ0n) is 10.2. The van der Waals surface area contributed by atoms with E-state index in [1.807, 2.05) is 12.1 Å². The second-order valence-corrected chi connectivity index (χ2v) is 4.35. The predicted octanol–water partition coefficient (Wildman–Crippen LogP) is 0.910. The maximum Gasteiger partial charge on any atom is 0.315 e. The van der Waals surface area contributed by atoms with Crippen LogP contribution in [0.5, 0.6) is 0 Å². The Morgan fingerprint density at radius 1 is 1.32 bits per heavy atom. The average Bonchev–Trinajstić information content (AvgIpc) is 2.86. The predicted molar refractivity (Wildman–Crippen MR) is 68.3 cm³/mol. The number of urea groups is 1. The summed E-state index contributed by atoms with van der Waals surface area (Å²) >= 11 is 0. The van der Waals surface area contributed by atoms with Gasteiger partial charge in [-0.15, -0.1) is 0 Å². The van der Waals surface area contributed by atoms with Crippen LogP contribution >= 0.6 is 0 Å². The van der Waals surface area contributed by atoms with Crippen molar-refractivity contribution in [3.05, 3.63) is 42.2 Å². The number of nitrogens with zero attached hydrogens (tertiary/aromatic N) is 1. The van der Waals surface area contributed by atoms with Gasteiger partial charge in [0.25, 0.3) is 0 Å². The molecular weight excluding hydrogens is 246 g/mol. The Labute approximate surface area is 110 Å². The molecule has 0 saturated heterocycles. The molecule has 6 nitrogen and oxygen atoms in total. The van der Waals surface area contributed by atoms with Gasteiger partial charge in [-0.05, 0) is 24.1 Å². The van der Waals surface area contributed by atoms with Gasteiger partial charge in [-0.2, -0.15) is 0 Å². The van der Waals surface area contributed by atoms with Crippen LogP contribution in [-0.4, -0.2) is 28.1 Å². The van der Waals surface area contributed by atoms with Gasteiger partial charge in [-0.3, -0.25) is 9.78 Å². The molecule has 1 aromatic rings. The number of aromatic nitrogens is 1. The highest BCUT2D eigenvalue weighted by Crippen LogP contribution is 2.17. The van der Waals surface area contributed by atoms with Gasteiger partial charge >= 0.3 is 12.0 Å². The zero-order chi connectivity index (χ0) is 13.7. The summed E-state index contributed by atoms with van der Waals surface area (Å²) in [5.74, 6) is -1.37. The molecule has 0 saturated carbocycles. The molecule has 0 aromatic carbocycles. The Balaban J connectivity index is 1.74. The number of amides is 2. The monoisotopic (exact) mass is 261 g/mol. The molecule has 1 aliphatic rings. The smallest absolute Gasteiger partial charge is 0.315 e. The topological polar surface area (TPSA) is 91.3 Å². The van der Waals surface area contributed by atoms with E-state index in [-0.39, 0.29) is 12.1 Å². The first kappa shape index (κ1) is 13.1. The number of hydrogen-bond donors (Lipinski definition) is 3. The first-order valence-corrected chi connectivity index (χ1v) is 5.99. The van der Waals surface area contributed by atoms with Gasteiger partial charge in [0.2, 0.25) is 0 Å². The van der Waals surface area contributed by atoms with Gasteiger partial charge in [-0.25, -0.2) is 4.79 Å². The minimum atomic E-state index is -0.863. The molecule has 0 aliphatic heterocycles. The van der Waals surface area contributed by atoms with Crippen molar-refractivity contribution in [1.29, 1.82) is 0 Å². The van der Waals surface area contributed by atoms with Crippen LogP contribution in [0.4, 0.5) is 4.79 Å². The molecule has 0 spiro atoms. The quantitative estimate of drug-likeness (QED) is 0.702. The maximum atomic E-state index is 11.6. The largest absolute Gasteiger partial charge is 0.481 e. The Morgan fingerprint density at radius 3 is 2.68 bits per heavy atom. The van der Waals surface area contributed by atoms with Crippen LogP contribution in [0.2, 0.25) is 0 Å². The van der Waals surface area contributed by atoms with E-state index in [2.05, 4.69) is 15.6 Å². The maximum absolute atomic E-state index is 11.6. The van der Waals surface area contributed by atoms with Crippen molar-refractivity contribution in [1.82, 2.24) is 15.6 Å². The first-order valence-electron chi connectivity index (χ1n) is 5.99. The third-order valence-corrected chi connectivity index (χ3v) is 2.92. The highest BCUT2D eigenvalue weighted by Gasteiger charge is 2.25. The van der Waals surface area contributed by atoms with E-state index in [9.17, 15) is 9.59 Å². The lowest BCUT2D eigenvalue weighted by atomic mass is 10.1. The molecule has 0 radical (unpaired) electrons. The van der Waals surface area contributed by atoms with Crippen LogP contribution in [0, 0.1) is 5.92 Å². The van der Waals surface area contributed by atoms with Gasteiger partial charge in [0.15, 0.2) is 0 Å². The summed E-state index contributed by atoms with van der Waals surface area (Å²) in [5.41, 5.74) is 0.954. The van der Waals surface area contributed by atoms with Crippen LogP contribution in [0.25, 0.3) is 0 Å². The Morgan fingerprint density at radius 2 is 2.05 bits per heavy atom. The minimum absolute atomic E-state index is 0.224. The van der Waals surface area contributed by atoms with Crippen molar-refractivity contribution in [3.63, 3.8) is 0 Å². The highest BCUT2D eigenvalue weighted by atomic mass is 16.4. The van der Waals surface area contributed by atoms with Gasteiger partial charge in [0.1, 0.15) is 0 Å². The molecule has 3 N–H and O–H groups in total. The SMILES string of the molecule is O=C(NCc1ccncc1)NC1C=CC(C(=O)O)C1. The molecule has 19 heavy (non-hydrogen) atoms. The van der Waals surface area contributed by atoms with Crippen molar-refractivity contribution in [3.8, 4) is 0 Å². The van der Waals surface area contributed by atoms with Gasteiger partial charge in [-0.1, -0.05) is 12.2 Å². The molecule has 0 bridgehead atoms. The summed E-state index contributed by atoms with van der Waals surface area (Å²) in [6, 6.07) is 3.10. The lowest BCUT2D eigenvalue weighted by Crippen LogP contribution is -2.40. The Bertz CT molecular complexity index is 487. The summed E-state index contributed by atoms with van der Waals surface area (Å²) < 4.78 is 0. The van der Waals surface area contributed by atoms with Gasteiger partial charge in [0.05, 0.1) is 12.0 Å². The minimum Gasteiger partial charge on any atom is -0.481 e. The summed E-state index contributed by atoms with van der Waals surface area (Å²) in [6.45, 7) is 0.410. The normalized spacial score (nSPS) is 21.1. The van der Waals surface area contributed by atoms with Crippen molar-refractivity contribution in [2.75, 3.05) is 0 Å². The zero-order valence-corrected chi connectivity index (χ0v) is 10.2. The van der Waals surface area contributed by atoms with E-state index >= 15 is 0 Å². The van der Waals surface area contributed by atoms with Gasteiger partial charge in [0, 0.05) is 18.9 Å². The van der Waals surface area contributed by atoms with E-state index in [4.69, 9.17) is 5.11 Å². The fraction of sp³-hybridized carbons (Fsp3) is 0.308. The number of rotatable bonds is 4. The van der Waals surface area contributed by atoms with Crippen molar-refractivity contribution in [2.24, 2.45) is 5.92 Å². The second kappa shape index (κ2) is 5.99. The number of carbonyl (C=O) groups excluding carboxylic acids is 1. The summed E-state index contributed by atoms with van der Waals surface area (Å²) in [7, 11) is 0. The summed E-state index contributed by atoms with van der Waals surface area (Å²) in [4.78, 5) is 26.3. The molecule has 2 atom stereocenters. The highest BCUT2D eigenvalue weighted by molar-refractivity contribution is 5.76. The molecule has 1 aromatic heterocycles. The number of carboxylic acids is 1. The molecule has 2 amide bonds. The second-order valence-electron chi connectivity index (χ2n) is 4.35. The number of carbonyl (C=O) groups is 2. The molecule has 2 unspecified atom stereocenters. The van der Waals surface area contributed by atoms with Crippen molar-refractivity contribution in [2.45, 2.75) is 19.0 Å². The molecule has 6 heteroatoms. The number of pyridine rings is 1. The fourth-order valence-electron chi connectivity index (χ4n) is 1.89. The van der Waals surface area contributed by atoms with Crippen LogP contribution in [0.3, 0.4) is 0 Å². The van der Waals surface area contributed by atoms with Crippen LogP contribution in [0.15, 0.2) is 36.7 Å². The number of aliphatic carboxylic acids is 1. The third kappa shape index (κ3) is 3.80. The molecule has 1 heterocycles. The van der Waals surface area contributed by atoms with E-state index in [0.29, 0.717) is 13.0 Å². The number of carboxylic acid groups (broad SMARTS) is 1. The molecule has 0 fully saturated rings. The molecule has 1 aliphatic carbocycles. The fourth-order valence-corrected chi connectivity index (χ4v) is 1.89. The Hall–Kier alpha value is -2.37. The van der Waals surface area contributed by atoms with Crippen LogP contribution < -0.4 is 10.6 Å². The van der Waals surface area contributed by atoms with E-state index in [0.717, 1.165) is 5.56 Å². The lowest BCUT2D eigenvalue weighted by Gasteiger charge is -2.13. The third-order valence-electron chi connectivity index (χ3n) is 2.92. The van der Waals surface area contributed by atoms with Crippen molar-refractivity contribution < 1.29 is 14.7 Å².